The van der Waals surface area contributed by atoms with Gasteiger partial charge in [-0.05, 0) is 54.3 Å². The SMILES string of the molecule is CC(C)OC(=O)c1cccc(N2C(=O)[C@@H]3C4c5ccccc5C(C=O)(c5ccccc54)[C@@H]3C2=O)c1. The van der Waals surface area contributed by atoms with Gasteiger partial charge in [-0.25, -0.2) is 9.69 Å². The minimum atomic E-state index is -1.25. The van der Waals surface area contributed by atoms with Crippen molar-refractivity contribution in [3.05, 3.63) is 101 Å². The van der Waals surface area contributed by atoms with Gasteiger partial charge in [0.05, 0.1) is 34.6 Å². The molecule has 0 aromatic heterocycles. The minimum absolute atomic E-state index is 0.256. The molecule has 1 fully saturated rings. The van der Waals surface area contributed by atoms with E-state index in [1.165, 1.54) is 6.07 Å². The molecule has 1 heterocycles. The second-order valence-corrected chi connectivity index (χ2v) is 9.66. The van der Waals surface area contributed by atoms with E-state index in [0.717, 1.165) is 33.4 Å². The fourth-order valence-electron chi connectivity index (χ4n) is 6.34. The van der Waals surface area contributed by atoms with Crippen molar-refractivity contribution in [2.24, 2.45) is 11.8 Å². The first-order chi connectivity index (χ1) is 16.9. The lowest BCUT2D eigenvalue weighted by Gasteiger charge is -2.51. The Morgan fingerprint density at radius 3 is 2.14 bits per heavy atom. The third-order valence-electron chi connectivity index (χ3n) is 7.55. The Morgan fingerprint density at radius 1 is 0.914 bits per heavy atom. The summed E-state index contributed by atoms with van der Waals surface area (Å²) in [5.41, 5.74) is 2.72. The molecular formula is C29H23NO5. The van der Waals surface area contributed by atoms with E-state index in [1.54, 1.807) is 32.0 Å². The van der Waals surface area contributed by atoms with E-state index in [0.29, 0.717) is 5.69 Å². The molecule has 0 spiro atoms. The number of nitrogens with zero attached hydrogens (tertiary/aromatic N) is 1. The highest BCUT2D eigenvalue weighted by Gasteiger charge is 2.68. The van der Waals surface area contributed by atoms with Gasteiger partial charge in [-0.2, -0.15) is 0 Å². The van der Waals surface area contributed by atoms with Crippen molar-refractivity contribution in [3.8, 4) is 0 Å². The summed E-state index contributed by atoms with van der Waals surface area (Å²) in [6.07, 6.45) is 0.548. The molecule has 6 nitrogen and oxygen atoms in total. The maximum atomic E-state index is 14.0. The van der Waals surface area contributed by atoms with Gasteiger partial charge >= 0.3 is 5.97 Å². The maximum Gasteiger partial charge on any atom is 0.338 e. The van der Waals surface area contributed by atoms with Gasteiger partial charge in [0.15, 0.2) is 0 Å². The fourth-order valence-corrected chi connectivity index (χ4v) is 6.34. The largest absolute Gasteiger partial charge is 0.459 e. The van der Waals surface area contributed by atoms with Crippen molar-refractivity contribution in [1.29, 1.82) is 0 Å². The van der Waals surface area contributed by atoms with Gasteiger partial charge in [0, 0.05) is 5.92 Å². The van der Waals surface area contributed by atoms with Crippen LogP contribution in [0.25, 0.3) is 0 Å². The molecule has 4 aliphatic rings. The van der Waals surface area contributed by atoms with Crippen molar-refractivity contribution in [3.63, 3.8) is 0 Å². The lowest BCUT2D eigenvalue weighted by molar-refractivity contribution is -0.128. The van der Waals surface area contributed by atoms with Crippen LogP contribution in [0.3, 0.4) is 0 Å². The van der Waals surface area contributed by atoms with Crippen LogP contribution in [0, 0.1) is 11.8 Å². The molecule has 174 valence electrons. The average molecular weight is 466 g/mol. The van der Waals surface area contributed by atoms with Crippen LogP contribution in [0.1, 0.15) is 52.4 Å². The zero-order chi connectivity index (χ0) is 24.5. The predicted molar refractivity (Wildman–Crippen MR) is 128 cm³/mol. The van der Waals surface area contributed by atoms with E-state index < -0.39 is 29.1 Å². The lowest BCUT2D eigenvalue weighted by atomic mass is 9.48. The van der Waals surface area contributed by atoms with Crippen LogP contribution in [0.5, 0.6) is 0 Å². The molecule has 2 bridgehead atoms. The van der Waals surface area contributed by atoms with Gasteiger partial charge in [0.25, 0.3) is 0 Å². The van der Waals surface area contributed by atoms with Crippen LogP contribution in [-0.4, -0.2) is 30.2 Å². The summed E-state index contributed by atoms with van der Waals surface area (Å²) in [4.78, 5) is 54.6. The zero-order valence-corrected chi connectivity index (χ0v) is 19.3. The number of benzene rings is 3. The second kappa shape index (κ2) is 7.47. The van der Waals surface area contributed by atoms with Gasteiger partial charge in [-0.3, -0.25) is 9.59 Å². The molecule has 3 aliphatic carbocycles. The first-order valence-corrected chi connectivity index (χ1v) is 11.7. The van der Waals surface area contributed by atoms with Gasteiger partial charge in [-0.1, -0.05) is 54.6 Å². The number of ether oxygens (including phenoxy) is 1. The van der Waals surface area contributed by atoms with Crippen LogP contribution in [0.4, 0.5) is 5.69 Å². The summed E-state index contributed by atoms with van der Waals surface area (Å²) >= 11 is 0. The first kappa shape index (κ1) is 21.5. The van der Waals surface area contributed by atoms with E-state index in [2.05, 4.69) is 0 Å². The molecule has 3 aromatic carbocycles. The third-order valence-corrected chi connectivity index (χ3v) is 7.55. The van der Waals surface area contributed by atoms with E-state index in [-0.39, 0.29) is 23.5 Å². The van der Waals surface area contributed by atoms with E-state index in [9.17, 15) is 19.2 Å². The fraction of sp³-hybridized carbons (Fsp3) is 0.241. The molecule has 0 saturated carbocycles. The molecule has 0 radical (unpaired) electrons. The highest BCUT2D eigenvalue weighted by Crippen LogP contribution is 2.63. The number of esters is 1. The van der Waals surface area contributed by atoms with Crippen LogP contribution < -0.4 is 4.90 Å². The molecule has 3 aromatic rings. The molecule has 2 amide bonds. The maximum absolute atomic E-state index is 14.0. The monoisotopic (exact) mass is 465 g/mol. The van der Waals surface area contributed by atoms with Crippen LogP contribution in [0.2, 0.25) is 0 Å². The van der Waals surface area contributed by atoms with Gasteiger partial charge in [-0.15, -0.1) is 0 Å². The van der Waals surface area contributed by atoms with Crippen molar-refractivity contribution < 1.29 is 23.9 Å². The standard InChI is InChI=1S/C29H23NO5/c1-16(2)35-28(34)17-8-7-9-18(14-17)30-26(32)24-23-19-10-3-5-12-21(19)29(15-31,25(24)27(30)33)22-13-6-4-11-20(22)23/h3-16,23-25H,1-2H3/t23?,24-,25+,29?/m1/s1. The number of carbonyl (C=O) groups excluding carboxylic acids is 4. The Kier molecular flexibility index (Phi) is 4.58. The minimum Gasteiger partial charge on any atom is -0.459 e. The second-order valence-electron chi connectivity index (χ2n) is 9.66. The normalized spacial score (nSPS) is 25.8. The molecule has 1 aliphatic heterocycles. The Bertz CT molecular complexity index is 1380. The summed E-state index contributed by atoms with van der Waals surface area (Å²) in [5.74, 6) is -3.19. The third kappa shape index (κ3) is 2.71. The summed E-state index contributed by atoms with van der Waals surface area (Å²) in [7, 11) is 0. The molecule has 0 unspecified atom stereocenters. The number of aldehydes is 1. The summed E-state index contributed by atoms with van der Waals surface area (Å²) < 4.78 is 5.29. The lowest BCUT2D eigenvalue weighted by Crippen LogP contribution is -2.54. The zero-order valence-electron chi connectivity index (χ0n) is 19.3. The Morgan fingerprint density at radius 2 is 1.54 bits per heavy atom. The average Bonchev–Trinajstić information content (AvgIpc) is 3.14. The van der Waals surface area contributed by atoms with E-state index in [1.807, 2.05) is 48.5 Å². The molecular weight excluding hydrogens is 442 g/mol. The number of anilines is 1. The number of hydrogen-bond donors (Lipinski definition) is 0. The van der Waals surface area contributed by atoms with Crippen molar-refractivity contribution in [2.75, 3.05) is 4.90 Å². The van der Waals surface area contributed by atoms with Crippen molar-refractivity contribution in [1.82, 2.24) is 0 Å². The molecule has 35 heavy (non-hydrogen) atoms. The number of carbonyl (C=O) groups is 4. The number of rotatable bonds is 4. The quantitative estimate of drug-likeness (QED) is 0.331. The Labute approximate surface area is 202 Å². The number of imide groups is 1. The molecule has 6 heteroatoms. The highest BCUT2D eigenvalue weighted by molar-refractivity contribution is 6.25. The molecule has 2 atom stereocenters. The summed E-state index contributed by atoms with van der Waals surface area (Å²) in [5, 5.41) is 0. The van der Waals surface area contributed by atoms with Crippen LogP contribution in [-0.2, 0) is 24.5 Å². The predicted octanol–water partition coefficient (Wildman–Crippen LogP) is 4.00. The molecule has 1 saturated heterocycles. The number of hydrogen-bond acceptors (Lipinski definition) is 5. The van der Waals surface area contributed by atoms with Crippen molar-refractivity contribution >= 4 is 29.8 Å². The first-order valence-electron chi connectivity index (χ1n) is 11.7. The van der Waals surface area contributed by atoms with E-state index >= 15 is 0 Å². The summed E-state index contributed by atoms with van der Waals surface area (Å²) in [6.45, 7) is 3.51. The highest BCUT2D eigenvalue weighted by atomic mass is 16.5. The summed E-state index contributed by atoms with van der Waals surface area (Å²) in [6, 6.07) is 21.6. The van der Waals surface area contributed by atoms with Gasteiger partial charge in [0.1, 0.15) is 6.29 Å². The smallest absolute Gasteiger partial charge is 0.338 e. The van der Waals surface area contributed by atoms with Gasteiger partial charge in [0.2, 0.25) is 11.8 Å². The van der Waals surface area contributed by atoms with Gasteiger partial charge < -0.3 is 9.53 Å². The molecule has 0 N–H and O–H groups in total. The van der Waals surface area contributed by atoms with Crippen LogP contribution >= 0.6 is 0 Å². The van der Waals surface area contributed by atoms with Crippen molar-refractivity contribution in [2.45, 2.75) is 31.3 Å². The topological polar surface area (TPSA) is 80.8 Å². The number of amides is 2. The Balaban J connectivity index is 1.52. The van der Waals surface area contributed by atoms with Crippen LogP contribution in [0.15, 0.2) is 72.8 Å². The van der Waals surface area contributed by atoms with E-state index in [4.69, 9.17) is 4.74 Å². The molecule has 7 rings (SSSR count). The Hall–Kier alpha value is -4.06.